The van der Waals surface area contributed by atoms with E-state index in [2.05, 4.69) is 43.1 Å². The summed E-state index contributed by atoms with van der Waals surface area (Å²) in [5, 5.41) is 24.9. The first kappa shape index (κ1) is 33.7. The van der Waals surface area contributed by atoms with E-state index < -0.39 is 0 Å². The van der Waals surface area contributed by atoms with Crippen molar-refractivity contribution in [3.8, 4) is 5.75 Å². The number of amides is 1. The largest absolute Gasteiger partial charge is 0.508 e. The third-order valence-corrected chi connectivity index (χ3v) is 5.93. The van der Waals surface area contributed by atoms with E-state index in [1.165, 1.54) is 12.1 Å². The zero-order valence-corrected chi connectivity index (χ0v) is 25.0. The smallest absolute Gasteiger partial charge is 0.251 e. The number of hydrogen-bond acceptors (Lipinski definition) is 7. The number of anilines is 2. The van der Waals surface area contributed by atoms with Crippen LogP contribution < -0.4 is 26.6 Å². The molecule has 0 heterocycles. The summed E-state index contributed by atoms with van der Waals surface area (Å²) in [6.07, 6.45) is 0. The highest BCUT2D eigenvalue weighted by atomic mass is 19.1. The maximum atomic E-state index is 13.1. The number of amidine groups is 1. The summed E-state index contributed by atoms with van der Waals surface area (Å²) in [6.45, 7) is 9.42. The second kappa shape index (κ2) is 18.7. The number of nitrogens with one attached hydrogen (secondary N) is 5. The van der Waals surface area contributed by atoms with Crippen LogP contribution in [0.4, 0.5) is 15.8 Å². The molecular formula is C32H40FN7O4. The molecule has 11 nitrogen and oxygen atoms in total. The highest BCUT2D eigenvalue weighted by Gasteiger charge is 2.08. The molecule has 12 heteroatoms. The van der Waals surface area contributed by atoms with Crippen molar-refractivity contribution in [2.75, 3.05) is 57.2 Å². The molecule has 6 N–H and O–H groups in total. The number of rotatable bonds is 16. The molecule has 0 spiro atoms. The number of ether oxygens (including phenoxy) is 2. The number of carbonyl (C=O) groups is 1. The van der Waals surface area contributed by atoms with Crippen molar-refractivity contribution >= 4 is 29.1 Å². The van der Waals surface area contributed by atoms with Crippen LogP contribution in [0.1, 0.15) is 22.8 Å². The van der Waals surface area contributed by atoms with Gasteiger partial charge >= 0.3 is 0 Å². The van der Waals surface area contributed by atoms with Gasteiger partial charge in [-0.15, -0.1) is 0 Å². The molecule has 3 aromatic rings. The third kappa shape index (κ3) is 13.0. The normalized spacial score (nSPS) is 11.6. The Labute approximate surface area is 257 Å². The highest BCUT2D eigenvalue weighted by molar-refractivity contribution is 6.02. The average molecular weight is 606 g/mol. The van der Waals surface area contributed by atoms with E-state index >= 15 is 0 Å². The van der Waals surface area contributed by atoms with E-state index in [1.54, 1.807) is 67.6 Å². The zero-order valence-electron chi connectivity index (χ0n) is 25.0. The minimum atomic E-state index is -0.323. The Hall–Kier alpha value is -4.78. The molecule has 0 saturated carbocycles. The lowest BCUT2D eigenvalue weighted by Crippen LogP contribution is -2.33. The van der Waals surface area contributed by atoms with Gasteiger partial charge in [0.05, 0.1) is 33.0 Å². The molecule has 0 aliphatic rings. The number of aromatic hydroxyl groups is 1. The van der Waals surface area contributed by atoms with E-state index in [9.17, 15) is 14.3 Å². The summed E-state index contributed by atoms with van der Waals surface area (Å²) in [7, 11) is 1.87. The molecule has 234 valence electrons. The number of guanidine groups is 1. The fourth-order valence-corrected chi connectivity index (χ4v) is 3.67. The van der Waals surface area contributed by atoms with Crippen molar-refractivity contribution in [1.29, 1.82) is 0 Å². The molecule has 0 radical (unpaired) electrons. The number of phenolic OH excluding ortho intramolecular Hbond substituents is 1. The van der Waals surface area contributed by atoms with Crippen LogP contribution in [0, 0.1) is 5.82 Å². The van der Waals surface area contributed by atoms with Gasteiger partial charge in [-0.25, -0.2) is 9.38 Å². The fraction of sp³-hybridized carbons (Fsp3) is 0.281. The number of aliphatic imine (C=N–C) groups is 2. The molecule has 0 aliphatic carbocycles. The Balaban J connectivity index is 1.54. The van der Waals surface area contributed by atoms with Gasteiger partial charge in [0.2, 0.25) is 5.96 Å². The predicted molar refractivity (Wildman–Crippen MR) is 173 cm³/mol. The lowest BCUT2D eigenvalue weighted by atomic mass is 10.1. The van der Waals surface area contributed by atoms with Gasteiger partial charge in [-0.2, -0.15) is 0 Å². The molecule has 3 rings (SSSR count). The minimum absolute atomic E-state index is 0.144. The van der Waals surface area contributed by atoms with Crippen molar-refractivity contribution in [3.05, 3.63) is 102 Å². The zero-order chi connectivity index (χ0) is 31.6. The van der Waals surface area contributed by atoms with E-state index in [0.717, 1.165) is 12.1 Å². The molecule has 0 aliphatic heterocycles. The molecule has 0 bridgehead atoms. The number of nitrogens with zero attached hydrogens (tertiary/aromatic N) is 2. The van der Waals surface area contributed by atoms with Crippen molar-refractivity contribution in [1.82, 2.24) is 16.0 Å². The fourth-order valence-electron chi connectivity index (χ4n) is 3.67. The van der Waals surface area contributed by atoms with Crippen molar-refractivity contribution in [2.45, 2.75) is 13.5 Å². The first-order valence-electron chi connectivity index (χ1n) is 14.1. The van der Waals surface area contributed by atoms with Gasteiger partial charge in [-0.1, -0.05) is 18.7 Å². The summed E-state index contributed by atoms with van der Waals surface area (Å²) in [4.78, 5) is 21.5. The molecule has 1 amide bonds. The van der Waals surface area contributed by atoms with Crippen LogP contribution in [0.2, 0.25) is 0 Å². The first-order chi connectivity index (χ1) is 21.3. The van der Waals surface area contributed by atoms with Crippen molar-refractivity contribution in [3.63, 3.8) is 0 Å². The summed E-state index contributed by atoms with van der Waals surface area (Å²) in [5.74, 6) is 0.852. The maximum absolute atomic E-state index is 13.1. The molecule has 0 atom stereocenters. The van der Waals surface area contributed by atoms with Gasteiger partial charge < -0.3 is 41.2 Å². The lowest BCUT2D eigenvalue weighted by Gasteiger charge is -2.16. The molecule has 0 aromatic heterocycles. The maximum Gasteiger partial charge on any atom is 0.251 e. The first-order valence-corrected chi connectivity index (χ1v) is 14.1. The van der Waals surface area contributed by atoms with Crippen molar-refractivity contribution < 1.29 is 23.8 Å². The summed E-state index contributed by atoms with van der Waals surface area (Å²) in [6, 6.07) is 19.4. The Morgan fingerprint density at radius 3 is 2.20 bits per heavy atom. The summed E-state index contributed by atoms with van der Waals surface area (Å²) < 4.78 is 24.1. The summed E-state index contributed by atoms with van der Waals surface area (Å²) in [5.41, 5.74) is 2.66. The monoisotopic (exact) mass is 605 g/mol. The highest BCUT2D eigenvalue weighted by Crippen LogP contribution is 2.15. The number of likely N-dealkylation sites (N-methyl/N-ethyl adjacent to an activating group) is 1. The van der Waals surface area contributed by atoms with Crippen LogP contribution in [0.5, 0.6) is 5.75 Å². The van der Waals surface area contributed by atoms with Gasteiger partial charge in [-0.3, -0.25) is 9.79 Å². The van der Waals surface area contributed by atoms with Crippen LogP contribution in [-0.4, -0.2) is 69.4 Å². The van der Waals surface area contributed by atoms with E-state index in [-0.39, 0.29) is 24.0 Å². The SMILES string of the molecule is C=C(NC(=NC(C)=NCCOCCOCCNC)Nc1ccc(O)cc1)Nc1ccc(C(=O)NCc2ccc(F)cc2)cc1. The number of hydrogen-bond donors (Lipinski definition) is 6. The van der Waals surface area contributed by atoms with Crippen LogP contribution in [0.3, 0.4) is 0 Å². The molecule has 44 heavy (non-hydrogen) atoms. The molecule has 0 fully saturated rings. The number of carbonyl (C=O) groups excluding carboxylic acids is 1. The number of phenols is 1. The van der Waals surface area contributed by atoms with E-state index in [4.69, 9.17) is 9.47 Å². The van der Waals surface area contributed by atoms with Crippen LogP contribution in [0.25, 0.3) is 0 Å². The Morgan fingerprint density at radius 2 is 1.52 bits per heavy atom. The Bertz CT molecular complexity index is 1380. The third-order valence-electron chi connectivity index (χ3n) is 5.93. The second-order valence-electron chi connectivity index (χ2n) is 9.50. The van der Waals surface area contributed by atoms with Crippen LogP contribution in [-0.2, 0) is 16.0 Å². The van der Waals surface area contributed by atoms with Gasteiger partial charge in [0, 0.05) is 30.0 Å². The average Bonchev–Trinajstić information content (AvgIpc) is 3.01. The van der Waals surface area contributed by atoms with Gasteiger partial charge in [0.1, 0.15) is 23.2 Å². The van der Waals surface area contributed by atoms with Gasteiger partial charge in [-0.05, 0) is 80.2 Å². The predicted octanol–water partition coefficient (Wildman–Crippen LogP) is 4.07. The molecule has 0 saturated heterocycles. The standard InChI is InChI=1S/C32H40FN7O4/c1-23(35-17-19-44-21-20-43-18-16-34-3)38-32(40-29-12-14-30(41)15-13-29)39-24(2)37-28-10-6-26(7-11-28)31(42)36-22-25-4-8-27(33)9-5-25/h4-15,34,37,41H,2,16-22H2,1,3H3,(H,36,42)(H2,35,38,39,40). The van der Waals surface area contributed by atoms with E-state index in [0.29, 0.717) is 67.5 Å². The van der Waals surface area contributed by atoms with Gasteiger partial charge in [0.15, 0.2) is 0 Å². The van der Waals surface area contributed by atoms with Crippen LogP contribution in [0.15, 0.2) is 95.2 Å². The molecule has 3 aromatic carbocycles. The second-order valence-corrected chi connectivity index (χ2v) is 9.50. The quantitative estimate of drug-likeness (QED) is 0.0622. The molecular weight excluding hydrogens is 565 g/mol. The number of halogens is 1. The Kier molecular flexibility index (Phi) is 14.3. The Morgan fingerprint density at radius 1 is 0.886 bits per heavy atom. The number of benzene rings is 3. The minimum Gasteiger partial charge on any atom is -0.508 e. The molecule has 0 unspecified atom stereocenters. The summed E-state index contributed by atoms with van der Waals surface area (Å²) >= 11 is 0. The van der Waals surface area contributed by atoms with Crippen molar-refractivity contribution in [2.24, 2.45) is 9.98 Å². The van der Waals surface area contributed by atoms with E-state index in [1.807, 2.05) is 7.05 Å². The topological polar surface area (TPSA) is 141 Å². The van der Waals surface area contributed by atoms with Gasteiger partial charge in [0.25, 0.3) is 5.91 Å². The lowest BCUT2D eigenvalue weighted by molar-refractivity contribution is 0.0524. The van der Waals surface area contributed by atoms with Crippen LogP contribution >= 0.6 is 0 Å².